The standard InChI is InChI=1S/C14H13N5O2/c15-7-10-12(18-14(17)19-13(10)16)9-4-1-8(2-5-9)3-6-11(20)21/h1-2,4-5H,3,6H2,(H,20,21)(H4,16,17,18,19). The lowest BCUT2D eigenvalue weighted by atomic mass is 10.0. The highest BCUT2D eigenvalue weighted by molar-refractivity contribution is 5.73. The predicted molar refractivity (Wildman–Crippen MR) is 77.0 cm³/mol. The van der Waals surface area contributed by atoms with Crippen molar-refractivity contribution >= 4 is 17.7 Å². The fourth-order valence-corrected chi connectivity index (χ4v) is 1.90. The van der Waals surface area contributed by atoms with Crippen LogP contribution in [0.3, 0.4) is 0 Å². The van der Waals surface area contributed by atoms with Crippen LogP contribution >= 0.6 is 0 Å². The Bertz CT molecular complexity index is 719. The van der Waals surface area contributed by atoms with Crippen molar-refractivity contribution in [2.24, 2.45) is 0 Å². The van der Waals surface area contributed by atoms with Gasteiger partial charge in [-0.1, -0.05) is 24.3 Å². The molecule has 0 aliphatic heterocycles. The van der Waals surface area contributed by atoms with Crippen LogP contribution in [0.2, 0.25) is 0 Å². The molecule has 2 rings (SSSR count). The smallest absolute Gasteiger partial charge is 0.303 e. The Morgan fingerprint density at radius 3 is 2.48 bits per heavy atom. The topological polar surface area (TPSA) is 139 Å². The third-order valence-electron chi connectivity index (χ3n) is 2.92. The van der Waals surface area contributed by atoms with E-state index in [0.29, 0.717) is 17.7 Å². The van der Waals surface area contributed by atoms with Crippen molar-refractivity contribution in [1.82, 2.24) is 9.97 Å². The SMILES string of the molecule is N#Cc1c(N)nc(N)nc1-c1ccc(CCC(=O)O)cc1. The maximum absolute atomic E-state index is 10.5. The van der Waals surface area contributed by atoms with Crippen molar-refractivity contribution < 1.29 is 9.90 Å². The summed E-state index contributed by atoms with van der Waals surface area (Å²) in [7, 11) is 0. The summed E-state index contributed by atoms with van der Waals surface area (Å²) in [6, 6.07) is 9.03. The van der Waals surface area contributed by atoms with Crippen molar-refractivity contribution in [2.45, 2.75) is 12.8 Å². The van der Waals surface area contributed by atoms with Crippen LogP contribution < -0.4 is 11.5 Å². The van der Waals surface area contributed by atoms with Gasteiger partial charge in [-0.25, -0.2) is 4.98 Å². The van der Waals surface area contributed by atoms with Crippen LogP contribution in [0.15, 0.2) is 24.3 Å². The summed E-state index contributed by atoms with van der Waals surface area (Å²) in [5.74, 6) is -0.811. The van der Waals surface area contributed by atoms with Crippen molar-refractivity contribution in [2.75, 3.05) is 11.5 Å². The van der Waals surface area contributed by atoms with Gasteiger partial charge in [0.2, 0.25) is 5.95 Å². The van der Waals surface area contributed by atoms with Gasteiger partial charge in [0.15, 0.2) is 0 Å². The number of rotatable bonds is 4. The van der Waals surface area contributed by atoms with Crippen molar-refractivity contribution in [3.63, 3.8) is 0 Å². The highest BCUT2D eigenvalue weighted by Gasteiger charge is 2.13. The minimum absolute atomic E-state index is 0.00328. The largest absolute Gasteiger partial charge is 0.481 e. The Balaban J connectivity index is 2.35. The molecular formula is C14H13N5O2. The molecule has 1 heterocycles. The average Bonchev–Trinajstić information content (AvgIpc) is 2.45. The molecule has 0 fully saturated rings. The van der Waals surface area contributed by atoms with Crippen molar-refractivity contribution in [3.05, 3.63) is 35.4 Å². The van der Waals surface area contributed by atoms with Gasteiger partial charge in [-0.15, -0.1) is 0 Å². The maximum Gasteiger partial charge on any atom is 0.303 e. The predicted octanol–water partition coefficient (Wildman–Crippen LogP) is 1.20. The number of nitrogens with two attached hydrogens (primary N) is 2. The first-order chi connectivity index (χ1) is 10.0. The molecule has 5 N–H and O–H groups in total. The number of hydrogen-bond donors (Lipinski definition) is 3. The maximum atomic E-state index is 10.5. The van der Waals surface area contributed by atoms with Crippen molar-refractivity contribution in [1.29, 1.82) is 5.26 Å². The van der Waals surface area contributed by atoms with E-state index in [-0.39, 0.29) is 23.8 Å². The first kappa shape index (κ1) is 14.3. The molecule has 0 aliphatic carbocycles. The van der Waals surface area contributed by atoms with Gasteiger partial charge in [-0.2, -0.15) is 10.2 Å². The summed E-state index contributed by atoms with van der Waals surface area (Å²) in [4.78, 5) is 18.3. The molecule has 2 aromatic rings. The number of nitrogens with zero attached hydrogens (tertiary/aromatic N) is 3. The number of nitriles is 1. The second kappa shape index (κ2) is 5.88. The number of aliphatic carboxylic acids is 1. The van der Waals surface area contributed by atoms with E-state index in [0.717, 1.165) is 5.56 Å². The summed E-state index contributed by atoms with van der Waals surface area (Å²) < 4.78 is 0. The zero-order chi connectivity index (χ0) is 15.4. The Labute approximate surface area is 120 Å². The molecule has 0 radical (unpaired) electrons. The van der Waals surface area contributed by atoms with Crippen LogP contribution in [0.1, 0.15) is 17.5 Å². The van der Waals surface area contributed by atoms with E-state index < -0.39 is 5.97 Å². The van der Waals surface area contributed by atoms with Gasteiger partial charge in [0.25, 0.3) is 0 Å². The molecule has 0 aliphatic rings. The van der Waals surface area contributed by atoms with Crippen LogP contribution in [-0.2, 0) is 11.2 Å². The number of anilines is 2. The van der Waals surface area contributed by atoms with Gasteiger partial charge in [0.05, 0.1) is 5.69 Å². The number of benzene rings is 1. The Morgan fingerprint density at radius 2 is 1.90 bits per heavy atom. The summed E-state index contributed by atoms with van der Waals surface area (Å²) in [5.41, 5.74) is 13.3. The first-order valence-electron chi connectivity index (χ1n) is 6.15. The summed E-state index contributed by atoms with van der Waals surface area (Å²) in [5, 5.41) is 17.8. The Morgan fingerprint density at radius 1 is 1.24 bits per heavy atom. The normalized spacial score (nSPS) is 10.0. The number of carbonyl (C=O) groups is 1. The molecule has 1 aromatic carbocycles. The molecule has 106 valence electrons. The highest BCUT2D eigenvalue weighted by Crippen LogP contribution is 2.25. The van der Waals surface area contributed by atoms with Gasteiger partial charge in [-0.3, -0.25) is 4.79 Å². The average molecular weight is 283 g/mol. The fourth-order valence-electron chi connectivity index (χ4n) is 1.90. The Kier molecular flexibility index (Phi) is 4.00. The monoisotopic (exact) mass is 283 g/mol. The molecule has 0 unspecified atom stereocenters. The van der Waals surface area contributed by atoms with Crippen LogP contribution in [0.5, 0.6) is 0 Å². The van der Waals surface area contributed by atoms with E-state index in [1.54, 1.807) is 24.3 Å². The molecule has 1 aromatic heterocycles. The summed E-state index contributed by atoms with van der Waals surface area (Å²) in [6.07, 6.45) is 0.505. The highest BCUT2D eigenvalue weighted by atomic mass is 16.4. The summed E-state index contributed by atoms with van der Waals surface area (Å²) >= 11 is 0. The molecule has 0 saturated carbocycles. The van der Waals surface area contributed by atoms with E-state index in [1.165, 1.54) is 0 Å². The number of nitrogen functional groups attached to an aromatic ring is 2. The number of hydrogen-bond acceptors (Lipinski definition) is 6. The number of carboxylic acid groups (broad SMARTS) is 1. The second-order valence-electron chi connectivity index (χ2n) is 4.39. The molecule has 0 amide bonds. The van der Waals surface area contributed by atoms with Gasteiger partial charge in [0.1, 0.15) is 17.5 Å². The van der Waals surface area contributed by atoms with E-state index >= 15 is 0 Å². The lowest BCUT2D eigenvalue weighted by Crippen LogP contribution is -2.05. The summed E-state index contributed by atoms with van der Waals surface area (Å²) in [6.45, 7) is 0. The van der Waals surface area contributed by atoms with Gasteiger partial charge < -0.3 is 16.6 Å². The molecule has 7 heteroatoms. The third kappa shape index (κ3) is 3.25. The van der Waals surface area contributed by atoms with E-state index in [2.05, 4.69) is 9.97 Å². The quantitative estimate of drug-likeness (QED) is 0.765. The third-order valence-corrected chi connectivity index (χ3v) is 2.92. The van der Waals surface area contributed by atoms with Crippen molar-refractivity contribution in [3.8, 4) is 17.3 Å². The lowest BCUT2D eigenvalue weighted by Gasteiger charge is -2.07. The lowest BCUT2D eigenvalue weighted by molar-refractivity contribution is -0.136. The van der Waals surface area contributed by atoms with Crippen LogP contribution in [0, 0.1) is 11.3 Å². The minimum atomic E-state index is -0.845. The minimum Gasteiger partial charge on any atom is -0.481 e. The molecule has 0 spiro atoms. The number of aryl methyl sites for hydroxylation is 1. The Hall–Kier alpha value is -3.14. The molecule has 7 nitrogen and oxygen atoms in total. The fraction of sp³-hybridized carbons (Fsp3) is 0.143. The van der Waals surface area contributed by atoms with E-state index in [1.807, 2.05) is 6.07 Å². The number of carboxylic acids is 1. The van der Waals surface area contributed by atoms with Crippen LogP contribution in [0.4, 0.5) is 11.8 Å². The van der Waals surface area contributed by atoms with Gasteiger partial charge >= 0.3 is 5.97 Å². The molecule has 0 atom stereocenters. The molecule has 21 heavy (non-hydrogen) atoms. The zero-order valence-corrected chi connectivity index (χ0v) is 11.1. The van der Waals surface area contributed by atoms with Gasteiger partial charge in [-0.05, 0) is 12.0 Å². The molecule has 0 bridgehead atoms. The van der Waals surface area contributed by atoms with Crippen LogP contribution in [0.25, 0.3) is 11.3 Å². The van der Waals surface area contributed by atoms with E-state index in [4.69, 9.17) is 21.8 Å². The zero-order valence-electron chi connectivity index (χ0n) is 11.1. The number of aromatic nitrogens is 2. The first-order valence-corrected chi connectivity index (χ1v) is 6.15. The van der Waals surface area contributed by atoms with Gasteiger partial charge in [0, 0.05) is 12.0 Å². The van der Waals surface area contributed by atoms with E-state index in [9.17, 15) is 4.79 Å². The molecule has 0 saturated heterocycles. The second-order valence-corrected chi connectivity index (χ2v) is 4.39. The molecular weight excluding hydrogens is 270 g/mol. The van der Waals surface area contributed by atoms with Crippen LogP contribution in [-0.4, -0.2) is 21.0 Å².